The molecule has 0 spiro atoms. The molecule has 1 saturated carbocycles. The molecule has 1 aliphatic rings. The Morgan fingerprint density at radius 3 is 2.76 bits per heavy atom. The summed E-state index contributed by atoms with van der Waals surface area (Å²) in [4.78, 5) is 9.67. The molecule has 1 N–H and O–H groups in total. The minimum absolute atomic E-state index is 0.309. The van der Waals surface area contributed by atoms with Crippen molar-refractivity contribution in [2.45, 2.75) is 58.0 Å². The lowest BCUT2D eigenvalue weighted by Gasteiger charge is -2.38. The predicted octanol–water partition coefficient (Wildman–Crippen LogP) is 4.13. The monoisotopic (exact) mass is 403 g/mol. The van der Waals surface area contributed by atoms with Crippen molar-refractivity contribution in [3.8, 4) is 0 Å². The number of ether oxygens (including phenoxy) is 1. The zero-order valence-corrected chi connectivity index (χ0v) is 15.7. The Balaban J connectivity index is 2.47. The van der Waals surface area contributed by atoms with Crippen molar-refractivity contribution in [1.29, 1.82) is 0 Å². The average Bonchev–Trinajstić information content (AvgIpc) is 2.49. The van der Waals surface area contributed by atoms with Crippen LogP contribution in [-0.2, 0) is 16.8 Å². The Kier molecular flexibility index (Phi) is 5.82. The van der Waals surface area contributed by atoms with Gasteiger partial charge >= 0.3 is 0 Å². The number of rotatable bonds is 5. The first-order valence-corrected chi connectivity index (χ1v) is 8.94. The Hall–Kier alpha value is -0.430. The standard InChI is InChI=1S/C16H26IN3O/c1-5-7-12-13(17)14(18-3)20-15(19-12)16(21-4)9-6-8-11(2)10-16/h11H,5-10H2,1-4H3,(H,18,19,20). The predicted molar refractivity (Wildman–Crippen MR) is 94.6 cm³/mol. The second kappa shape index (κ2) is 7.22. The molecule has 4 nitrogen and oxygen atoms in total. The van der Waals surface area contributed by atoms with E-state index in [4.69, 9.17) is 14.7 Å². The van der Waals surface area contributed by atoms with E-state index in [2.05, 4.69) is 41.8 Å². The zero-order valence-electron chi connectivity index (χ0n) is 13.5. The summed E-state index contributed by atoms with van der Waals surface area (Å²) >= 11 is 2.34. The lowest BCUT2D eigenvalue weighted by molar-refractivity contribution is -0.0646. The fraction of sp³-hybridized carbons (Fsp3) is 0.750. The quantitative estimate of drug-likeness (QED) is 0.752. The van der Waals surface area contributed by atoms with E-state index >= 15 is 0 Å². The third kappa shape index (κ3) is 3.50. The summed E-state index contributed by atoms with van der Waals surface area (Å²) < 4.78 is 7.09. The van der Waals surface area contributed by atoms with Gasteiger partial charge < -0.3 is 10.1 Å². The molecule has 0 radical (unpaired) electrons. The molecule has 2 unspecified atom stereocenters. The van der Waals surface area contributed by atoms with Gasteiger partial charge in [0.15, 0.2) is 5.82 Å². The minimum Gasteiger partial charge on any atom is -0.372 e. The molecule has 0 aromatic carbocycles. The van der Waals surface area contributed by atoms with Gasteiger partial charge in [-0.25, -0.2) is 9.97 Å². The molecule has 1 aromatic rings. The second-order valence-corrected chi connectivity index (χ2v) is 7.14. The number of anilines is 1. The first kappa shape index (κ1) is 16.9. The van der Waals surface area contributed by atoms with Crippen LogP contribution in [0.15, 0.2) is 0 Å². The van der Waals surface area contributed by atoms with Gasteiger partial charge in [0, 0.05) is 14.2 Å². The van der Waals surface area contributed by atoms with E-state index < -0.39 is 0 Å². The highest BCUT2D eigenvalue weighted by molar-refractivity contribution is 14.1. The van der Waals surface area contributed by atoms with E-state index in [9.17, 15) is 0 Å². The van der Waals surface area contributed by atoms with Gasteiger partial charge in [-0.15, -0.1) is 0 Å². The number of aromatic nitrogens is 2. The summed E-state index contributed by atoms with van der Waals surface area (Å²) in [5, 5.41) is 3.21. The molecule has 1 aliphatic carbocycles. The van der Waals surface area contributed by atoms with Crippen molar-refractivity contribution in [2.24, 2.45) is 5.92 Å². The molecule has 1 heterocycles. The minimum atomic E-state index is -0.309. The van der Waals surface area contributed by atoms with Crippen molar-refractivity contribution in [1.82, 2.24) is 9.97 Å². The maximum Gasteiger partial charge on any atom is 0.162 e. The number of methoxy groups -OCH3 is 1. The van der Waals surface area contributed by atoms with Crippen LogP contribution in [0, 0.1) is 9.49 Å². The van der Waals surface area contributed by atoms with Crippen LogP contribution in [0.4, 0.5) is 5.82 Å². The van der Waals surface area contributed by atoms with E-state index in [-0.39, 0.29) is 5.60 Å². The van der Waals surface area contributed by atoms with Gasteiger partial charge in [0.1, 0.15) is 11.4 Å². The molecular formula is C16H26IN3O. The first-order valence-electron chi connectivity index (χ1n) is 7.86. The average molecular weight is 403 g/mol. The van der Waals surface area contributed by atoms with E-state index in [1.807, 2.05) is 7.05 Å². The van der Waals surface area contributed by atoms with Crippen LogP contribution in [0.5, 0.6) is 0 Å². The van der Waals surface area contributed by atoms with E-state index in [1.54, 1.807) is 7.11 Å². The number of hydrogen-bond acceptors (Lipinski definition) is 4. The van der Waals surface area contributed by atoms with Gasteiger partial charge in [-0.1, -0.05) is 26.7 Å². The van der Waals surface area contributed by atoms with Crippen LogP contribution in [0.25, 0.3) is 0 Å². The summed E-state index contributed by atoms with van der Waals surface area (Å²) in [5.41, 5.74) is 0.831. The molecule has 2 rings (SSSR count). The highest BCUT2D eigenvalue weighted by Gasteiger charge is 2.40. The fourth-order valence-corrected chi connectivity index (χ4v) is 4.03. The summed E-state index contributed by atoms with van der Waals surface area (Å²) in [6, 6.07) is 0. The molecule has 0 aliphatic heterocycles. The molecule has 1 fully saturated rings. The lowest BCUT2D eigenvalue weighted by Crippen LogP contribution is -2.36. The molecule has 2 atom stereocenters. The highest BCUT2D eigenvalue weighted by Crippen LogP contribution is 2.41. The highest BCUT2D eigenvalue weighted by atomic mass is 127. The van der Waals surface area contributed by atoms with Gasteiger partial charge in [0.2, 0.25) is 0 Å². The van der Waals surface area contributed by atoms with Crippen molar-refractivity contribution >= 4 is 28.4 Å². The van der Waals surface area contributed by atoms with Crippen LogP contribution in [-0.4, -0.2) is 24.1 Å². The maximum atomic E-state index is 5.95. The molecule has 118 valence electrons. The molecule has 5 heteroatoms. The third-order valence-electron chi connectivity index (χ3n) is 4.40. The molecule has 0 bridgehead atoms. The Morgan fingerprint density at radius 1 is 1.43 bits per heavy atom. The summed E-state index contributed by atoms with van der Waals surface area (Å²) in [5.74, 6) is 2.46. The Bertz CT molecular complexity index is 495. The second-order valence-electron chi connectivity index (χ2n) is 6.06. The van der Waals surface area contributed by atoms with Crippen LogP contribution in [0.1, 0.15) is 57.5 Å². The van der Waals surface area contributed by atoms with Gasteiger partial charge in [0.05, 0.1) is 9.26 Å². The number of hydrogen-bond donors (Lipinski definition) is 1. The summed E-state index contributed by atoms with van der Waals surface area (Å²) in [6.45, 7) is 4.48. The Labute approximate surface area is 141 Å². The zero-order chi connectivity index (χ0) is 15.5. The molecule has 0 amide bonds. The Morgan fingerprint density at radius 2 is 2.19 bits per heavy atom. The molecule has 1 aromatic heterocycles. The fourth-order valence-electron chi connectivity index (χ4n) is 3.25. The van der Waals surface area contributed by atoms with Crippen molar-refractivity contribution in [3.05, 3.63) is 15.1 Å². The lowest BCUT2D eigenvalue weighted by atomic mass is 9.78. The van der Waals surface area contributed by atoms with Crippen LogP contribution < -0.4 is 5.32 Å². The summed E-state index contributed by atoms with van der Waals surface area (Å²) in [6.07, 6.45) is 6.56. The van der Waals surface area contributed by atoms with E-state index in [0.29, 0.717) is 5.92 Å². The van der Waals surface area contributed by atoms with E-state index in [0.717, 1.165) is 46.6 Å². The number of nitrogens with one attached hydrogen (secondary N) is 1. The van der Waals surface area contributed by atoms with Gasteiger partial charge in [-0.05, 0) is 54.2 Å². The summed E-state index contributed by atoms with van der Waals surface area (Å²) in [7, 11) is 3.73. The van der Waals surface area contributed by atoms with Crippen molar-refractivity contribution < 1.29 is 4.74 Å². The first-order chi connectivity index (χ1) is 10.1. The largest absolute Gasteiger partial charge is 0.372 e. The molecular weight excluding hydrogens is 377 g/mol. The number of aryl methyl sites for hydroxylation is 1. The normalized spacial score (nSPS) is 25.9. The van der Waals surface area contributed by atoms with Crippen LogP contribution in [0.2, 0.25) is 0 Å². The van der Waals surface area contributed by atoms with Gasteiger partial charge in [-0.3, -0.25) is 0 Å². The number of nitrogens with zero attached hydrogens (tertiary/aromatic N) is 2. The van der Waals surface area contributed by atoms with Crippen LogP contribution >= 0.6 is 22.6 Å². The van der Waals surface area contributed by atoms with Gasteiger partial charge in [-0.2, -0.15) is 0 Å². The smallest absolute Gasteiger partial charge is 0.162 e. The van der Waals surface area contributed by atoms with Gasteiger partial charge in [0.25, 0.3) is 0 Å². The topological polar surface area (TPSA) is 47.0 Å². The third-order valence-corrected chi connectivity index (χ3v) is 5.53. The van der Waals surface area contributed by atoms with E-state index in [1.165, 1.54) is 12.8 Å². The molecule has 0 saturated heterocycles. The SMILES string of the molecule is CCCc1nc(C2(OC)CCCC(C)C2)nc(NC)c1I. The number of halogens is 1. The molecule has 21 heavy (non-hydrogen) atoms. The maximum absolute atomic E-state index is 5.95. The van der Waals surface area contributed by atoms with Crippen molar-refractivity contribution in [2.75, 3.05) is 19.5 Å². The van der Waals surface area contributed by atoms with Crippen molar-refractivity contribution in [3.63, 3.8) is 0 Å². The van der Waals surface area contributed by atoms with Crippen LogP contribution in [0.3, 0.4) is 0 Å².